The Bertz CT molecular complexity index is 606. The number of hydrogen-bond acceptors (Lipinski definition) is 4. The van der Waals surface area contributed by atoms with Gasteiger partial charge < -0.3 is 9.88 Å². The number of rotatable bonds is 4. The number of anilines is 1. The number of nitrogens with zero attached hydrogens (tertiary/aromatic N) is 3. The second kappa shape index (κ2) is 5.09. The predicted octanol–water partition coefficient (Wildman–Crippen LogP) is 2.81. The van der Waals surface area contributed by atoms with Crippen LogP contribution in [0.3, 0.4) is 0 Å². The van der Waals surface area contributed by atoms with Crippen LogP contribution < -0.4 is 5.32 Å². The summed E-state index contributed by atoms with van der Waals surface area (Å²) in [6.45, 7) is 3.89. The number of hydrogen-bond donors (Lipinski definition) is 1. The maximum absolute atomic E-state index is 10.8. The smallest absolute Gasteiger partial charge is 0.271 e. The largest absolute Gasteiger partial charge is 0.375 e. The zero-order chi connectivity index (χ0) is 14.0. The van der Waals surface area contributed by atoms with E-state index in [4.69, 9.17) is 0 Å². The van der Waals surface area contributed by atoms with Gasteiger partial charge in [0.05, 0.1) is 11.0 Å². The molecule has 1 aromatic heterocycles. The van der Waals surface area contributed by atoms with E-state index in [-0.39, 0.29) is 11.7 Å². The molecule has 6 nitrogen and oxygen atoms in total. The monoisotopic (exact) mass is 260 g/mol. The molecule has 0 spiro atoms. The molecule has 0 bridgehead atoms. The lowest BCUT2D eigenvalue weighted by molar-refractivity contribution is -0.384. The van der Waals surface area contributed by atoms with E-state index >= 15 is 0 Å². The summed E-state index contributed by atoms with van der Waals surface area (Å²) in [5, 5.41) is 14.1. The van der Waals surface area contributed by atoms with E-state index in [0.29, 0.717) is 0 Å². The van der Waals surface area contributed by atoms with Gasteiger partial charge in [0.1, 0.15) is 5.82 Å². The Morgan fingerprint density at radius 2 is 2.21 bits per heavy atom. The first-order valence-corrected chi connectivity index (χ1v) is 5.98. The van der Waals surface area contributed by atoms with Gasteiger partial charge in [0.15, 0.2) is 0 Å². The molecule has 1 unspecified atom stereocenters. The lowest BCUT2D eigenvalue weighted by Crippen LogP contribution is -2.12. The van der Waals surface area contributed by atoms with Crippen LogP contribution in [0.15, 0.2) is 30.6 Å². The van der Waals surface area contributed by atoms with Crippen molar-refractivity contribution >= 4 is 11.4 Å². The molecule has 0 radical (unpaired) electrons. The van der Waals surface area contributed by atoms with Crippen LogP contribution in [0, 0.1) is 17.0 Å². The molecular formula is C13H16N4O2. The maximum Gasteiger partial charge on any atom is 0.271 e. The van der Waals surface area contributed by atoms with Gasteiger partial charge in [-0.05, 0) is 19.4 Å². The molecule has 2 aromatic rings. The van der Waals surface area contributed by atoms with E-state index in [9.17, 15) is 10.1 Å². The summed E-state index contributed by atoms with van der Waals surface area (Å²) in [7, 11) is 1.92. The minimum Gasteiger partial charge on any atom is -0.375 e. The highest BCUT2D eigenvalue weighted by Crippen LogP contribution is 2.25. The van der Waals surface area contributed by atoms with Crippen LogP contribution in [0.2, 0.25) is 0 Å². The Kier molecular flexibility index (Phi) is 3.50. The molecule has 19 heavy (non-hydrogen) atoms. The normalized spacial score (nSPS) is 12.2. The third-order valence-electron chi connectivity index (χ3n) is 3.05. The summed E-state index contributed by atoms with van der Waals surface area (Å²) >= 11 is 0. The summed E-state index contributed by atoms with van der Waals surface area (Å²) in [5.41, 5.74) is 1.80. The van der Waals surface area contributed by atoms with Crippen LogP contribution >= 0.6 is 0 Å². The summed E-state index contributed by atoms with van der Waals surface area (Å²) in [5.74, 6) is 0.880. The average molecular weight is 260 g/mol. The van der Waals surface area contributed by atoms with E-state index in [1.165, 1.54) is 6.07 Å². The molecule has 0 fully saturated rings. The van der Waals surface area contributed by atoms with Crippen molar-refractivity contribution < 1.29 is 4.92 Å². The predicted molar refractivity (Wildman–Crippen MR) is 73.1 cm³/mol. The number of nitro groups is 1. The van der Waals surface area contributed by atoms with Gasteiger partial charge in [-0.2, -0.15) is 0 Å². The molecule has 1 N–H and O–H groups in total. The number of non-ortho nitro benzene ring substituents is 1. The minimum atomic E-state index is -0.393. The second-order valence-electron chi connectivity index (χ2n) is 4.52. The van der Waals surface area contributed by atoms with Crippen LogP contribution in [0.1, 0.15) is 24.4 Å². The highest BCUT2D eigenvalue weighted by Gasteiger charge is 2.14. The SMILES string of the molecule is Cc1ccc([N+](=O)[O-])cc1NC(C)c1nccn1C. The van der Waals surface area contributed by atoms with Crippen LogP contribution in [-0.2, 0) is 7.05 Å². The van der Waals surface area contributed by atoms with Crippen molar-refractivity contribution in [2.75, 3.05) is 5.32 Å². The average Bonchev–Trinajstić information content (AvgIpc) is 2.78. The second-order valence-corrected chi connectivity index (χ2v) is 4.52. The van der Waals surface area contributed by atoms with E-state index in [0.717, 1.165) is 17.1 Å². The first-order chi connectivity index (χ1) is 8.99. The molecule has 0 amide bonds. The third-order valence-corrected chi connectivity index (χ3v) is 3.05. The lowest BCUT2D eigenvalue weighted by atomic mass is 10.1. The van der Waals surface area contributed by atoms with Crippen LogP contribution in [0.5, 0.6) is 0 Å². The molecule has 0 aliphatic carbocycles. The molecule has 1 aromatic carbocycles. The van der Waals surface area contributed by atoms with Gasteiger partial charge >= 0.3 is 0 Å². The van der Waals surface area contributed by atoms with E-state index in [1.54, 1.807) is 18.3 Å². The standard InChI is InChI=1S/C13H16N4O2/c1-9-4-5-11(17(18)19)8-12(9)15-10(2)13-14-6-7-16(13)3/h4-8,10,15H,1-3H3. The van der Waals surface area contributed by atoms with Crippen molar-refractivity contribution in [2.24, 2.45) is 7.05 Å². The van der Waals surface area contributed by atoms with Gasteiger partial charge in [-0.25, -0.2) is 4.98 Å². The van der Waals surface area contributed by atoms with Crippen LogP contribution in [0.4, 0.5) is 11.4 Å². The summed E-state index contributed by atoms with van der Waals surface area (Å²) in [6.07, 6.45) is 3.60. The molecular weight excluding hydrogens is 244 g/mol. The molecule has 0 aliphatic heterocycles. The molecule has 1 heterocycles. The summed E-state index contributed by atoms with van der Waals surface area (Å²) in [6, 6.07) is 4.77. The van der Waals surface area contributed by atoms with Crippen molar-refractivity contribution in [1.29, 1.82) is 0 Å². The fraction of sp³-hybridized carbons (Fsp3) is 0.308. The third kappa shape index (κ3) is 2.73. The molecule has 0 aliphatic rings. The first-order valence-electron chi connectivity index (χ1n) is 5.98. The topological polar surface area (TPSA) is 73.0 Å². The molecule has 1 atom stereocenters. The van der Waals surface area contributed by atoms with Gasteiger partial charge in [0.25, 0.3) is 5.69 Å². The Morgan fingerprint density at radius 3 is 2.79 bits per heavy atom. The van der Waals surface area contributed by atoms with Gasteiger partial charge in [-0.1, -0.05) is 6.07 Å². The minimum absolute atomic E-state index is 0.0271. The number of aromatic nitrogens is 2. The molecule has 6 heteroatoms. The number of benzene rings is 1. The van der Waals surface area contributed by atoms with Crippen LogP contribution in [-0.4, -0.2) is 14.5 Å². The first kappa shape index (κ1) is 13.1. The summed E-state index contributed by atoms with van der Waals surface area (Å²) in [4.78, 5) is 14.7. The van der Waals surface area contributed by atoms with Crippen molar-refractivity contribution in [3.05, 3.63) is 52.1 Å². The van der Waals surface area contributed by atoms with Crippen molar-refractivity contribution in [3.8, 4) is 0 Å². The Labute approximate surface area is 111 Å². The van der Waals surface area contributed by atoms with Crippen molar-refractivity contribution in [2.45, 2.75) is 19.9 Å². The number of imidazole rings is 1. The number of aryl methyl sites for hydroxylation is 2. The Hall–Kier alpha value is -2.37. The van der Waals surface area contributed by atoms with E-state index in [1.807, 2.05) is 31.7 Å². The Balaban J connectivity index is 2.26. The molecule has 2 rings (SSSR count). The molecule has 0 saturated carbocycles. The fourth-order valence-corrected chi connectivity index (χ4v) is 1.97. The molecule has 100 valence electrons. The highest BCUT2D eigenvalue weighted by atomic mass is 16.6. The van der Waals surface area contributed by atoms with Crippen molar-refractivity contribution in [1.82, 2.24) is 9.55 Å². The Morgan fingerprint density at radius 1 is 1.47 bits per heavy atom. The number of nitro benzene ring substituents is 1. The quantitative estimate of drug-likeness (QED) is 0.677. The zero-order valence-corrected chi connectivity index (χ0v) is 11.1. The summed E-state index contributed by atoms with van der Waals surface area (Å²) < 4.78 is 1.92. The number of nitrogens with one attached hydrogen (secondary N) is 1. The van der Waals surface area contributed by atoms with Gasteiger partial charge in [0.2, 0.25) is 0 Å². The highest BCUT2D eigenvalue weighted by molar-refractivity contribution is 5.57. The van der Waals surface area contributed by atoms with Crippen LogP contribution in [0.25, 0.3) is 0 Å². The zero-order valence-electron chi connectivity index (χ0n) is 11.1. The fourth-order valence-electron chi connectivity index (χ4n) is 1.97. The van der Waals surface area contributed by atoms with Gasteiger partial charge in [-0.3, -0.25) is 10.1 Å². The maximum atomic E-state index is 10.8. The van der Waals surface area contributed by atoms with Gasteiger partial charge in [-0.15, -0.1) is 0 Å². The van der Waals surface area contributed by atoms with E-state index < -0.39 is 4.92 Å². The lowest BCUT2D eigenvalue weighted by Gasteiger charge is -2.16. The van der Waals surface area contributed by atoms with E-state index in [2.05, 4.69) is 10.3 Å². The van der Waals surface area contributed by atoms with Gasteiger partial charge in [0, 0.05) is 37.3 Å². The van der Waals surface area contributed by atoms with Crippen molar-refractivity contribution in [3.63, 3.8) is 0 Å². The molecule has 0 saturated heterocycles.